The average Bonchev–Trinajstić information content (AvgIpc) is 3.12. The van der Waals surface area contributed by atoms with Crippen molar-refractivity contribution in [2.24, 2.45) is 5.73 Å². The van der Waals surface area contributed by atoms with Crippen molar-refractivity contribution in [1.29, 1.82) is 0 Å². The van der Waals surface area contributed by atoms with E-state index in [0.29, 0.717) is 0 Å². The molecule has 0 bridgehead atoms. The molecule has 1 unspecified atom stereocenters. The molecule has 0 amide bonds. The third kappa shape index (κ3) is 3.30. The highest BCUT2D eigenvalue weighted by Gasteiger charge is 2.19. The second-order valence-electron chi connectivity index (χ2n) is 6.65. The lowest BCUT2D eigenvalue weighted by molar-refractivity contribution is 0.306. The van der Waals surface area contributed by atoms with E-state index < -0.39 is 0 Å². The Kier molecular flexibility index (Phi) is 4.63. The lowest BCUT2D eigenvalue weighted by atomic mass is 9.99. The van der Waals surface area contributed by atoms with Gasteiger partial charge >= 0.3 is 0 Å². The molecule has 1 aliphatic rings. The second kappa shape index (κ2) is 7.22. The van der Waals surface area contributed by atoms with Crippen molar-refractivity contribution >= 4 is 16.9 Å². The van der Waals surface area contributed by atoms with Crippen LogP contribution in [-0.4, -0.2) is 16.0 Å². The first-order chi connectivity index (χ1) is 12.7. The van der Waals surface area contributed by atoms with Crippen LogP contribution in [0.5, 0.6) is 5.75 Å². The Morgan fingerprint density at radius 3 is 3.04 bits per heavy atom. The monoisotopic (exact) mass is 348 g/mol. The standard InChI is InChI=1S/C21H24N4O/c1-2-3-4-10-26-16-7-8-17-18(22)13-21(24-19(17)12-16)20-11-15-6-5-9-25(15)14-23-20/h5-9,11-14,18,24H,2-4,10,22H2,1H3. The number of aromatic nitrogens is 2. The van der Waals surface area contributed by atoms with Crippen molar-refractivity contribution in [3.63, 3.8) is 0 Å². The van der Waals surface area contributed by atoms with Crippen molar-refractivity contribution in [2.45, 2.75) is 32.2 Å². The van der Waals surface area contributed by atoms with E-state index in [1.807, 2.05) is 47.3 Å². The molecule has 0 spiro atoms. The van der Waals surface area contributed by atoms with Crippen LogP contribution in [0.2, 0.25) is 0 Å². The largest absolute Gasteiger partial charge is 0.494 e. The van der Waals surface area contributed by atoms with Crippen molar-refractivity contribution < 1.29 is 4.74 Å². The van der Waals surface area contributed by atoms with Crippen LogP contribution in [-0.2, 0) is 0 Å². The predicted molar refractivity (Wildman–Crippen MR) is 105 cm³/mol. The van der Waals surface area contributed by atoms with Gasteiger partial charge in [-0.15, -0.1) is 0 Å². The summed E-state index contributed by atoms with van der Waals surface area (Å²) in [6.07, 6.45) is 9.28. The third-order valence-electron chi connectivity index (χ3n) is 4.71. The van der Waals surface area contributed by atoms with Crippen molar-refractivity contribution in [1.82, 2.24) is 9.38 Å². The SMILES string of the molecule is CCCCCOc1ccc2c(c1)NC(c1cc3cccn3cn1)=CC2N. The number of hydrogen-bond donors (Lipinski definition) is 2. The lowest BCUT2D eigenvalue weighted by Crippen LogP contribution is -2.18. The fraction of sp³-hybridized carbons (Fsp3) is 0.286. The summed E-state index contributed by atoms with van der Waals surface area (Å²) < 4.78 is 7.87. The number of ether oxygens (including phenoxy) is 1. The van der Waals surface area contributed by atoms with Crippen LogP contribution < -0.4 is 15.8 Å². The number of nitrogens with two attached hydrogens (primary N) is 1. The molecule has 5 nitrogen and oxygen atoms in total. The van der Waals surface area contributed by atoms with E-state index in [0.717, 1.165) is 46.9 Å². The van der Waals surface area contributed by atoms with Crippen LogP contribution in [0.3, 0.4) is 0 Å². The maximum Gasteiger partial charge on any atom is 0.121 e. The van der Waals surface area contributed by atoms with Crippen LogP contribution in [0.25, 0.3) is 11.2 Å². The summed E-state index contributed by atoms with van der Waals surface area (Å²) in [4.78, 5) is 4.55. The summed E-state index contributed by atoms with van der Waals surface area (Å²) in [5, 5.41) is 3.47. The van der Waals surface area contributed by atoms with Gasteiger partial charge in [-0.1, -0.05) is 25.8 Å². The predicted octanol–water partition coefficient (Wildman–Crippen LogP) is 4.37. The zero-order chi connectivity index (χ0) is 17.9. The van der Waals surface area contributed by atoms with Gasteiger partial charge in [0.25, 0.3) is 0 Å². The molecule has 0 aliphatic carbocycles. The highest BCUT2D eigenvalue weighted by molar-refractivity contribution is 5.82. The molecule has 0 saturated carbocycles. The normalized spacial score (nSPS) is 16.1. The minimum Gasteiger partial charge on any atom is -0.494 e. The first-order valence-electron chi connectivity index (χ1n) is 9.19. The third-order valence-corrected chi connectivity index (χ3v) is 4.71. The highest BCUT2D eigenvalue weighted by Crippen LogP contribution is 2.35. The Morgan fingerprint density at radius 2 is 2.15 bits per heavy atom. The molecule has 3 aromatic rings. The molecule has 1 atom stereocenters. The van der Waals surface area contributed by atoms with Gasteiger partial charge in [-0.25, -0.2) is 4.98 Å². The topological polar surface area (TPSA) is 64.6 Å². The van der Waals surface area contributed by atoms with Crippen LogP contribution in [0.15, 0.2) is 55.0 Å². The minimum atomic E-state index is -0.166. The molecular formula is C21H24N4O. The first kappa shape index (κ1) is 16.7. The smallest absolute Gasteiger partial charge is 0.121 e. The number of unbranched alkanes of at least 4 members (excludes halogenated alkanes) is 2. The molecule has 3 N–H and O–H groups in total. The summed E-state index contributed by atoms with van der Waals surface area (Å²) in [7, 11) is 0. The summed E-state index contributed by atoms with van der Waals surface area (Å²) in [5.74, 6) is 0.871. The van der Waals surface area contributed by atoms with Gasteiger partial charge in [-0.05, 0) is 42.3 Å². The van der Waals surface area contributed by atoms with Gasteiger partial charge in [0, 0.05) is 23.5 Å². The number of nitrogens with zero attached hydrogens (tertiary/aromatic N) is 2. The van der Waals surface area contributed by atoms with Crippen molar-refractivity contribution in [3.8, 4) is 5.75 Å². The minimum absolute atomic E-state index is 0.166. The lowest BCUT2D eigenvalue weighted by Gasteiger charge is -2.24. The molecule has 0 saturated heterocycles. The molecular weight excluding hydrogens is 324 g/mol. The van der Waals surface area contributed by atoms with E-state index in [1.165, 1.54) is 12.8 Å². The fourth-order valence-corrected chi connectivity index (χ4v) is 3.26. The Bertz CT molecular complexity index is 944. The summed E-state index contributed by atoms with van der Waals surface area (Å²) in [5.41, 5.74) is 11.3. The molecule has 1 aromatic carbocycles. The number of hydrogen-bond acceptors (Lipinski definition) is 4. The van der Waals surface area contributed by atoms with Gasteiger partial charge in [0.1, 0.15) is 5.75 Å². The van der Waals surface area contributed by atoms with Gasteiger partial charge in [0.2, 0.25) is 0 Å². The molecule has 26 heavy (non-hydrogen) atoms. The zero-order valence-corrected chi connectivity index (χ0v) is 15.0. The van der Waals surface area contributed by atoms with Gasteiger partial charge in [0.15, 0.2) is 0 Å². The summed E-state index contributed by atoms with van der Waals surface area (Å²) in [6, 6.07) is 12.0. The van der Waals surface area contributed by atoms with Crippen LogP contribution in [0.1, 0.15) is 43.5 Å². The van der Waals surface area contributed by atoms with E-state index in [9.17, 15) is 0 Å². The zero-order valence-electron chi connectivity index (χ0n) is 15.0. The second-order valence-corrected chi connectivity index (χ2v) is 6.65. The molecule has 134 valence electrons. The quantitative estimate of drug-likeness (QED) is 0.649. The van der Waals surface area contributed by atoms with Crippen LogP contribution >= 0.6 is 0 Å². The van der Waals surface area contributed by atoms with Crippen molar-refractivity contribution in [3.05, 3.63) is 66.3 Å². The van der Waals surface area contributed by atoms with Gasteiger partial charge in [-0.2, -0.15) is 0 Å². The van der Waals surface area contributed by atoms with Crippen LogP contribution in [0.4, 0.5) is 5.69 Å². The Hall–Kier alpha value is -2.79. The Morgan fingerprint density at radius 1 is 1.23 bits per heavy atom. The number of rotatable bonds is 6. The number of benzene rings is 1. The summed E-state index contributed by atoms with van der Waals surface area (Å²) >= 11 is 0. The van der Waals surface area contributed by atoms with E-state index in [4.69, 9.17) is 10.5 Å². The van der Waals surface area contributed by atoms with Crippen molar-refractivity contribution in [2.75, 3.05) is 11.9 Å². The van der Waals surface area contributed by atoms with E-state index in [-0.39, 0.29) is 6.04 Å². The van der Waals surface area contributed by atoms with Gasteiger partial charge < -0.3 is 20.2 Å². The van der Waals surface area contributed by atoms with E-state index in [1.54, 1.807) is 0 Å². The van der Waals surface area contributed by atoms with Gasteiger partial charge in [0.05, 0.1) is 30.4 Å². The maximum atomic E-state index is 6.37. The average molecular weight is 348 g/mol. The molecule has 3 heterocycles. The number of nitrogens with one attached hydrogen (secondary N) is 1. The molecule has 0 radical (unpaired) electrons. The van der Waals surface area contributed by atoms with Gasteiger partial charge in [-0.3, -0.25) is 0 Å². The highest BCUT2D eigenvalue weighted by atomic mass is 16.5. The molecule has 5 heteroatoms. The Balaban J connectivity index is 1.56. The molecule has 1 aliphatic heterocycles. The van der Waals surface area contributed by atoms with Crippen LogP contribution in [0, 0.1) is 0 Å². The molecule has 2 aromatic heterocycles. The Labute approximate surface area is 153 Å². The first-order valence-corrected chi connectivity index (χ1v) is 9.19. The maximum absolute atomic E-state index is 6.37. The van der Waals surface area contributed by atoms with E-state index in [2.05, 4.69) is 29.4 Å². The molecule has 4 rings (SSSR count). The van der Waals surface area contributed by atoms with E-state index >= 15 is 0 Å². The summed E-state index contributed by atoms with van der Waals surface area (Å²) in [6.45, 7) is 2.94. The number of anilines is 1. The fourth-order valence-electron chi connectivity index (χ4n) is 3.26. The number of fused-ring (bicyclic) bond motifs is 2. The molecule has 0 fully saturated rings.